The second-order valence-corrected chi connectivity index (χ2v) is 14.9. The molecule has 0 fully saturated rings. The molecule has 0 spiro atoms. The van der Waals surface area contributed by atoms with E-state index < -0.39 is 0 Å². The minimum absolute atomic E-state index is 0.881. The molecule has 4 heteroatoms. The van der Waals surface area contributed by atoms with Crippen molar-refractivity contribution < 1.29 is 4.42 Å². The van der Waals surface area contributed by atoms with Crippen molar-refractivity contribution in [2.75, 3.05) is 0 Å². The van der Waals surface area contributed by atoms with E-state index in [-0.39, 0.29) is 0 Å². The normalized spacial score (nSPS) is 12.2. The summed E-state index contributed by atoms with van der Waals surface area (Å²) in [5.74, 6) is 0. The Hall–Kier alpha value is -6.75. The molecule has 246 valence electrons. The predicted octanol–water partition coefficient (Wildman–Crippen LogP) is 14.1. The number of thiophene rings is 1. The molecule has 0 radical (unpaired) electrons. The highest BCUT2D eigenvalue weighted by atomic mass is 32.1. The molecule has 0 unspecified atom stereocenters. The fourth-order valence-corrected chi connectivity index (χ4v) is 9.71. The van der Waals surface area contributed by atoms with Crippen LogP contribution >= 0.6 is 11.3 Å². The smallest absolute Gasteiger partial charge is 0.143 e. The van der Waals surface area contributed by atoms with Gasteiger partial charge in [-0.25, -0.2) is 4.98 Å². The largest absolute Gasteiger partial charge is 0.455 e. The van der Waals surface area contributed by atoms with Crippen LogP contribution in [0, 0.1) is 0 Å². The zero-order valence-corrected chi connectivity index (χ0v) is 29.2. The fourth-order valence-electron chi connectivity index (χ4n) is 8.63. The number of fused-ring (bicyclic) bond motifs is 13. The van der Waals surface area contributed by atoms with E-state index in [9.17, 15) is 0 Å². The molecule has 0 aliphatic carbocycles. The molecular weight excluding hydrogens is 665 g/mol. The predicted molar refractivity (Wildman–Crippen MR) is 225 cm³/mol. The maximum atomic E-state index is 6.83. The number of hydrogen-bond donors (Lipinski definition) is 0. The van der Waals surface area contributed by atoms with E-state index >= 15 is 0 Å². The summed E-state index contributed by atoms with van der Waals surface area (Å²) in [4.78, 5) is 5.43. The Balaban J connectivity index is 1.15. The molecule has 4 heterocycles. The fraction of sp³-hybridized carbons (Fsp3) is 0. The van der Waals surface area contributed by atoms with Crippen molar-refractivity contribution in [2.45, 2.75) is 0 Å². The first kappa shape index (κ1) is 28.9. The van der Waals surface area contributed by atoms with Crippen LogP contribution < -0.4 is 0 Å². The third kappa shape index (κ3) is 4.12. The van der Waals surface area contributed by atoms with Crippen LogP contribution in [0.1, 0.15) is 0 Å². The van der Waals surface area contributed by atoms with Crippen LogP contribution in [-0.2, 0) is 0 Å². The van der Waals surface area contributed by atoms with Crippen molar-refractivity contribution in [3.8, 4) is 28.1 Å². The van der Waals surface area contributed by atoms with Gasteiger partial charge in [0.05, 0.1) is 22.2 Å². The van der Waals surface area contributed by atoms with Gasteiger partial charge in [-0.3, -0.25) is 0 Å². The Morgan fingerprint density at radius 1 is 0.453 bits per heavy atom. The second-order valence-electron chi connectivity index (χ2n) is 13.9. The molecule has 0 saturated heterocycles. The average Bonchev–Trinajstić information content (AvgIpc) is 3.90. The highest BCUT2D eigenvalue weighted by molar-refractivity contribution is 7.25. The molecule has 53 heavy (non-hydrogen) atoms. The number of furan rings is 1. The van der Waals surface area contributed by atoms with Crippen molar-refractivity contribution in [3.63, 3.8) is 0 Å². The van der Waals surface area contributed by atoms with Gasteiger partial charge in [-0.1, -0.05) is 109 Å². The molecule has 0 bridgehead atoms. The summed E-state index contributed by atoms with van der Waals surface area (Å²) in [6.45, 7) is 0. The van der Waals surface area contributed by atoms with Gasteiger partial charge >= 0.3 is 0 Å². The lowest BCUT2D eigenvalue weighted by molar-refractivity contribution is 0.670. The van der Waals surface area contributed by atoms with Crippen molar-refractivity contribution in [2.24, 2.45) is 0 Å². The molecular formula is C49H28N2OS. The number of pyridine rings is 1. The third-order valence-corrected chi connectivity index (χ3v) is 12.1. The van der Waals surface area contributed by atoms with Crippen LogP contribution in [0.25, 0.3) is 114 Å². The Labute approximate surface area is 307 Å². The number of para-hydroxylation sites is 4. The van der Waals surface area contributed by atoms with Gasteiger partial charge in [-0.2, -0.15) is 0 Å². The third-order valence-electron chi connectivity index (χ3n) is 11.0. The molecule has 0 N–H and O–H groups in total. The monoisotopic (exact) mass is 692 g/mol. The van der Waals surface area contributed by atoms with Crippen LogP contribution in [0.4, 0.5) is 0 Å². The van der Waals surface area contributed by atoms with Crippen LogP contribution in [-0.4, -0.2) is 9.55 Å². The van der Waals surface area contributed by atoms with Crippen molar-refractivity contribution in [1.29, 1.82) is 0 Å². The van der Waals surface area contributed by atoms with Crippen LogP contribution in [0.3, 0.4) is 0 Å². The van der Waals surface area contributed by atoms with Gasteiger partial charge in [-0.15, -0.1) is 11.3 Å². The summed E-state index contributed by atoms with van der Waals surface area (Å²) < 4.78 is 11.8. The standard InChI is InChI=1S/C49H28N2OS/c1-6-16-40-35(14-1)46-39(48(50-40)30-23-26-45-38(27-30)34-13-5-10-20-44(34)53-45)28-37(49-47(46)36-15-4-9-19-43(36)52-49)29-21-24-31(25-22-29)51-41-17-7-2-11-32(41)33-12-3-8-18-42(33)51/h1-28H. The summed E-state index contributed by atoms with van der Waals surface area (Å²) in [5.41, 5.74) is 10.5. The first-order chi connectivity index (χ1) is 26.3. The van der Waals surface area contributed by atoms with Crippen molar-refractivity contribution in [1.82, 2.24) is 9.55 Å². The molecule has 8 aromatic carbocycles. The molecule has 0 amide bonds. The molecule has 0 atom stereocenters. The van der Waals surface area contributed by atoms with Crippen LogP contribution in [0.5, 0.6) is 0 Å². The molecule has 0 saturated carbocycles. The van der Waals surface area contributed by atoms with Crippen LogP contribution in [0.15, 0.2) is 174 Å². The molecule has 0 aliphatic heterocycles. The highest BCUT2D eigenvalue weighted by Gasteiger charge is 2.22. The second kappa shape index (κ2) is 10.9. The molecule has 12 aromatic rings. The Bertz CT molecular complexity index is 3400. The minimum atomic E-state index is 0.881. The molecule has 4 aromatic heterocycles. The molecule has 3 nitrogen and oxygen atoms in total. The van der Waals surface area contributed by atoms with E-state index in [1.165, 1.54) is 47.4 Å². The zero-order valence-electron chi connectivity index (χ0n) is 28.4. The van der Waals surface area contributed by atoms with Crippen molar-refractivity contribution in [3.05, 3.63) is 170 Å². The summed E-state index contributed by atoms with van der Waals surface area (Å²) in [5, 5.41) is 10.7. The molecule has 0 aliphatic rings. The van der Waals surface area contributed by atoms with Crippen LogP contribution in [0.2, 0.25) is 0 Å². The van der Waals surface area contributed by atoms with Gasteiger partial charge in [-0.05, 0) is 66.2 Å². The first-order valence-electron chi connectivity index (χ1n) is 18.0. The Morgan fingerprint density at radius 2 is 1.08 bits per heavy atom. The zero-order chi connectivity index (χ0) is 34.6. The lowest BCUT2D eigenvalue weighted by Gasteiger charge is -2.14. The summed E-state index contributed by atoms with van der Waals surface area (Å²) in [6.07, 6.45) is 0. The topological polar surface area (TPSA) is 31.0 Å². The number of benzene rings is 8. The molecule has 12 rings (SSSR count). The van der Waals surface area contributed by atoms with E-state index in [1.54, 1.807) is 0 Å². The maximum Gasteiger partial charge on any atom is 0.143 e. The van der Waals surface area contributed by atoms with E-state index in [2.05, 4.69) is 174 Å². The van der Waals surface area contributed by atoms with E-state index in [1.807, 2.05) is 11.3 Å². The lowest BCUT2D eigenvalue weighted by atomic mass is 9.91. The number of nitrogens with zero attached hydrogens (tertiary/aromatic N) is 2. The summed E-state index contributed by atoms with van der Waals surface area (Å²) in [6, 6.07) is 61.1. The van der Waals surface area contributed by atoms with Gasteiger partial charge < -0.3 is 8.98 Å². The Kier molecular flexibility index (Phi) is 5.93. The number of hydrogen-bond acceptors (Lipinski definition) is 3. The lowest BCUT2D eigenvalue weighted by Crippen LogP contribution is -1.94. The van der Waals surface area contributed by atoms with E-state index in [4.69, 9.17) is 9.40 Å². The maximum absolute atomic E-state index is 6.83. The van der Waals surface area contributed by atoms with Gasteiger partial charge in [0, 0.05) is 74.7 Å². The quantitative estimate of drug-likeness (QED) is 0.173. The first-order valence-corrected chi connectivity index (χ1v) is 18.8. The minimum Gasteiger partial charge on any atom is -0.455 e. The average molecular weight is 693 g/mol. The Morgan fingerprint density at radius 3 is 1.87 bits per heavy atom. The van der Waals surface area contributed by atoms with E-state index in [0.29, 0.717) is 0 Å². The van der Waals surface area contributed by atoms with Gasteiger partial charge in [0.2, 0.25) is 0 Å². The summed E-state index contributed by atoms with van der Waals surface area (Å²) in [7, 11) is 0. The van der Waals surface area contributed by atoms with Gasteiger partial charge in [0.1, 0.15) is 11.2 Å². The van der Waals surface area contributed by atoms with Gasteiger partial charge in [0.25, 0.3) is 0 Å². The number of rotatable bonds is 3. The summed E-state index contributed by atoms with van der Waals surface area (Å²) >= 11 is 1.84. The van der Waals surface area contributed by atoms with Gasteiger partial charge in [0.15, 0.2) is 0 Å². The SMILES string of the molecule is c1ccc2c(c1)nc(-c1ccc3sc4ccccc4c3c1)c1cc(-c3ccc(-n4c5ccccc5c5ccccc54)cc3)c3oc4ccccc4c3c12. The number of aromatic nitrogens is 2. The van der Waals surface area contributed by atoms with Crippen molar-refractivity contribution >= 4 is 96.9 Å². The highest BCUT2D eigenvalue weighted by Crippen LogP contribution is 2.46. The van der Waals surface area contributed by atoms with E-state index in [0.717, 1.165) is 66.3 Å².